The van der Waals surface area contributed by atoms with Gasteiger partial charge in [-0.05, 0) is 12.1 Å². The SMILES string of the molecule is NC(=O)/C=C\C(=O)Nc1c(Cl)cc(Cl)cc1Cl. The molecule has 0 aliphatic heterocycles. The van der Waals surface area contributed by atoms with Crippen molar-refractivity contribution in [2.45, 2.75) is 0 Å². The van der Waals surface area contributed by atoms with E-state index in [2.05, 4.69) is 5.32 Å². The maximum absolute atomic E-state index is 11.4. The number of hydrogen-bond acceptors (Lipinski definition) is 2. The van der Waals surface area contributed by atoms with E-state index in [0.29, 0.717) is 5.02 Å². The largest absolute Gasteiger partial charge is 0.366 e. The zero-order chi connectivity index (χ0) is 13.0. The summed E-state index contributed by atoms with van der Waals surface area (Å²) in [6.45, 7) is 0. The van der Waals surface area contributed by atoms with Crippen molar-refractivity contribution < 1.29 is 9.59 Å². The van der Waals surface area contributed by atoms with E-state index in [1.54, 1.807) is 0 Å². The fourth-order valence-corrected chi connectivity index (χ4v) is 1.90. The molecule has 0 spiro atoms. The first kappa shape index (κ1) is 13.8. The van der Waals surface area contributed by atoms with Crippen molar-refractivity contribution in [2.75, 3.05) is 5.32 Å². The zero-order valence-corrected chi connectivity index (χ0v) is 10.6. The number of carbonyl (C=O) groups excluding carboxylic acids is 2. The van der Waals surface area contributed by atoms with Crippen LogP contribution in [0.1, 0.15) is 0 Å². The standard InChI is InChI=1S/C10H7Cl3N2O2/c11-5-3-6(12)10(7(13)4-5)15-9(17)2-1-8(14)16/h1-4H,(H2,14,16)(H,15,17)/b2-1-. The number of halogens is 3. The molecule has 17 heavy (non-hydrogen) atoms. The first-order valence-corrected chi connectivity index (χ1v) is 5.46. The average molecular weight is 294 g/mol. The van der Waals surface area contributed by atoms with E-state index in [4.69, 9.17) is 40.5 Å². The summed E-state index contributed by atoms with van der Waals surface area (Å²) in [5.41, 5.74) is 5.06. The Balaban J connectivity index is 2.89. The summed E-state index contributed by atoms with van der Waals surface area (Å²) >= 11 is 17.4. The minimum atomic E-state index is -0.728. The van der Waals surface area contributed by atoms with Crippen LogP contribution in [0.15, 0.2) is 24.3 Å². The van der Waals surface area contributed by atoms with Crippen molar-refractivity contribution in [2.24, 2.45) is 5.73 Å². The second-order valence-electron chi connectivity index (χ2n) is 2.97. The zero-order valence-electron chi connectivity index (χ0n) is 8.34. The van der Waals surface area contributed by atoms with Crippen LogP contribution in [0.2, 0.25) is 15.1 Å². The van der Waals surface area contributed by atoms with Crippen LogP contribution in [0, 0.1) is 0 Å². The molecule has 1 aromatic rings. The number of amides is 2. The number of nitrogens with two attached hydrogens (primary N) is 1. The summed E-state index contributed by atoms with van der Waals surface area (Å²) in [7, 11) is 0. The monoisotopic (exact) mass is 292 g/mol. The Morgan fingerprint density at radius 3 is 2.12 bits per heavy atom. The molecule has 0 aromatic heterocycles. The summed E-state index contributed by atoms with van der Waals surface area (Å²) in [6, 6.07) is 2.87. The Hall–Kier alpha value is -1.23. The molecule has 2 amide bonds. The second-order valence-corrected chi connectivity index (χ2v) is 4.22. The van der Waals surface area contributed by atoms with Gasteiger partial charge in [-0.3, -0.25) is 9.59 Å². The first-order chi connectivity index (χ1) is 7.90. The van der Waals surface area contributed by atoms with E-state index in [1.165, 1.54) is 12.1 Å². The lowest BCUT2D eigenvalue weighted by Crippen LogP contribution is -2.12. The van der Waals surface area contributed by atoms with Gasteiger partial charge in [-0.1, -0.05) is 34.8 Å². The highest BCUT2D eigenvalue weighted by molar-refractivity contribution is 6.42. The molecule has 0 unspecified atom stereocenters. The molecular weight excluding hydrogens is 286 g/mol. The highest BCUT2D eigenvalue weighted by Gasteiger charge is 2.09. The predicted octanol–water partition coefficient (Wildman–Crippen LogP) is 2.63. The molecule has 0 radical (unpaired) electrons. The van der Waals surface area contributed by atoms with E-state index in [1.807, 2.05) is 0 Å². The summed E-state index contributed by atoms with van der Waals surface area (Å²) in [6.07, 6.45) is 1.90. The van der Waals surface area contributed by atoms with Gasteiger partial charge in [0.25, 0.3) is 0 Å². The third kappa shape index (κ3) is 4.26. The van der Waals surface area contributed by atoms with Crippen molar-refractivity contribution >= 4 is 52.3 Å². The molecule has 0 aliphatic carbocycles. The average Bonchev–Trinajstić information content (AvgIpc) is 2.20. The maximum atomic E-state index is 11.4. The Labute approximate surface area is 112 Å². The van der Waals surface area contributed by atoms with Crippen LogP contribution in [0.4, 0.5) is 5.69 Å². The first-order valence-electron chi connectivity index (χ1n) is 4.33. The maximum Gasteiger partial charge on any atom is 0.248 e. The van der Waals surface area contributed by atoms with Crippen LogP contribution in [0.3, 0.4) is 0 Å². The van der Waals surface area contributed by atoms with Gasteiger partial charge >= 0.3 is 0 Å². The van der Waals surface area contributed by atoms with Crippen LogP contribution in [0.5, 0.6) is 0 Å². The highest BCUT2D eigenvalue weighted by Crippen LogP contribution is 2.33. The van der Waals surface area contributed by atoms with Gasteiger partial charge < -0.3 is 11.1 Å². The molecule has 0 fully saturated rings. The number of benzene rings is 1. The van der Waals surface area contributed by atoms with Crippen LogP contribution in [-0.4, -0.2) is 11.8 Å². The van der Waals surface area contributed by atoms with Crippen LogP contribution in [-0.2, 0) is 9.59 Å². The number of carbonyl (C=O) groups is 2. The number of anilines is 1. The summed E-state index contributed by atoms with van der Waals surface area (Å²) in [5.74, 6) is -1.30. The molecule has 0 aliphatic rings. The lowest BCUT2D eigenvalue weighted by molar-refractivity contribution is -0.115. The normalized spacial score (nSPS) is 10.5. The summed E-state index contributed by atoms with van der Waals surface area (Å²) in [4.78, 5) is 21.8. The molecule has 0 saturated heterocycles. The van der Waals surface area contributed by atoms with Crippen molar-refractivity contribution in [3.63, 3.8) is 0 Å². The number of rotatable bonds is 3. The van der Waals surface area contributed by atoms with Gasteiger partial charge in [0.1, 0.15) is 0 Å². The molecule has 4 nitrogen and oxygen atoms in total. The number of nitrogens with one attached hydrogen (secondary N) is 1. The van der Waals surface area contributed by atoms with Gasteiger partial charge in [0.2, 0.25) is 11.8 Å². The van der Waals surface area contributed by atoms with Gasteiger partial charge in [0.15, 0.2) is 0 Å². The van der Waals surface area contributed by atoms with Crippen molar-refractivity contribution in [3.8, 4) is 0 Å². The van der Waals surface area contributed by atoms with E-state index < -0.39 is 11.8 Å². The number of primary amides is 1. The minimum absolute atomic E-state index is 0.198. The van der Waals surface area contributed by atoms with Gasteiger partial charge in [0.05, 0.1) is 15.7 Å². The van der Waals surface area contributed by atoms with Crippen LogP contribution < -0.4 is 11.1 Å². The summed E-state index contributed by atoms with van der Waals surface area (Å²) in [5, 5.41) is 3.15. The fraction of sp³-hybridized carbons (Fsp3) is 0. The van der Waals surface area contributed by atoms with Gasteiger partial charge in [-0.2, -0.15) is 0 Å². The predicted molar refractivity (Wildman–Crippen MR) is 68.4 cm³/mol. The molecule has 1 rings (SSSR count). The quantitative estimate of drug-likeness (QED) is 0.841. The van der Waals surface area contributed by atoms with Gasteiger partial charge in [-0.25, -0.2) is 0 Å². The summed E-state index contributed by atoms with van der Waals surface area (Å²) < 4.78 is 0. The molecular formula is C10H7Cl3N2O2. The Kier molecular flexibility index (Phi) is 4.81. The van der Waals surface area contributed by atoms with Crippen LogP contribution >= 0.6 is 34.8 Å². The van der Waals surface area contributed by atoms with Crippen molar-refractivity contribution in [1.82, 2.24) is 0 Å². The fourth-order valence-electron chi connectivity index (χ4n) is 0.984. The molecule has 0 atom stereocenters. The third-order valence-electron chi connectivity index (χ3n) is 1.65. The molecule has 90 valence electrons. The topological polar surface area (TPSA) is 72.2 Å². The Morgan fingerprint density at radius 2 is 1.65 bits per heavy atom. The minimum Gasteiger partial charge on any atom is -0.366 e. The molecule has 0 bridgehead atoms. The van der Waals surface area contributed by atoms with Crippen molar-refractivity contribution in [3.05, 3.63) is 39.4 Å². The molecule has 7 heteroatoms. The molecule has 1 aromatic carbocycles. The molecule has 3 N–H and O–H groups in total. The lowest BCUT2D eigenvalue weighted by atomic mass is 10.3. The lowest BCUT2D eigenvalue weighted by Gasteiger charge is -2.07. The Morgan fingerprint density at radius 1 is 1.12 bits per heavy atom. The second kappa shape index (κ2) is 5.91. The molecule has 0 heterocycles. The number of hydrogen-bond donors (Lipinski definition) is 2. The van der Waals surface area contributed by atoms with Gasteiger partial charge in [-0.15, -0.1) is 0 Å². The smallest absolute Gasteiger partial charge is 0.248 e. The van der Waals surface area contributed by atoms with Crippen molar-refractivity contribution in [1.29, 1.82) is 0 Å². The van der Waals surface area contributed by atoms with E-state index in [9.17, 15) is 9.59 Å². The molecule has 0 saturated carbocycles. The highest BCUT2D eigenvalue weighted by atomic mass is 35.5. The van der Waals surface area contributed by atoms with E-state index in [-0.39, 0.29) is 15.7 Å². The van der Waals surface area contributed by atoms with E-state index in [0.717, 1.165) is 12.2 Å². The third-order valence-corrected chi connectivity index (χ3v) is 2.47. The van der Waals surface area contributed by atoms with E-state index >= 15 is 0 Å². The van der Waals surface area contributed by atoms with Crippen LogP contribution in [0.25, 0.3) is 0 Å². The Bertz CT molecular complexity index is 477. The van der Waals surface area contributed by atoms with Gasteiger partial charge in [0, 0.05) is 17.2 Å².